The first-order chi connectivity index (χ1) is 13.0. The minimum absolute atomic E-state index is 0.0736. The van der Waals surface area contributed by atoms with Gasteiger partial charge in [0.25, 0.3) is 5.69 Å². The van der Waals surface area contributed by atoms with E-state index in [2.05, 4.69) is 4.98 Å². The summed E-state index contributed by atoms with van der Waals surface area (Å²) in [5.74, 6) is -1.01. The van der Waals surface area contributed by atoms with Gasteiger partial charge in [-0.3, -0.25) is 14.9 Å². The molecule has 7 heteroatoms. The molecule has 0 unspecified atom stereocenters. The summed E-state index contributed by atoms with van der Waals surface area (Å²) in [5, 5.41) is 11.5. The molecule has 136 valence electrons. The highest BCUT2D eigenvalue weighted by Gasteiger charge is 2.17. The Balaban J connectivity index is 1.65. The summed E-state index contributed by atoms with van der Waals surface area (Å²) < 4.78 is 5.01. The zero-order valence-corrected chi connectivity index (χ0v) is 14.5. The fraction of sp³-hybridized carbons (Fsp3) is 0.100. The number of hydrogen-bond acceptors (Lipinski definition) is 5. The largest absolute Gasteiger partial charge is 0.454 e. The van der Waals surface area contributed by atoms with E-state index in [1.54, 1.807) is 13.0 Å². The molecule has 3 aromatic rings. The van der Waals surface area contributed by atoms with Gasteiger partial charge in [0.05, 0.1) is 4.92 Å². The van der Waals surface area contributed by atoms with Crippen molar-refractivity contribution in [3.63, 3.8) is 0 Å². The average Bonchev–Trinajstić information content (AvgIpc) is 3.00. The van der Waals surface area contributed by atoms with E-state index in [0.717, 1.165) is 17.0 Å². The monoisotopic (exact) mass is 364 g/mol. The van der Waals surface area contributed by atoms with Crippen molar-refractivity contribution in [2.75, 3.05) is 6.61 Å². The highest BCUT2D eigenvalue weighted by molar-refractivity contribution is 6.10. The van der Waals surface area contributed by atoms with E-state index < -0.39 is 10.9 Å². The third-order valence-electron chi connectivity index (χ3n) is 4.01. The summed E-state index contributed by atoms with van der Waals surface area (Å²) >= 11 is 0. The molecule has 3 rings (SSSR count). The number of rotatable bonds is 6. The highest BCUT2D eigenvalue weighted by atomic mass is 16.6. The lowest BCUT2D eigenvalue weighted by Gasteiger charge is -2.02. The van der Waals surface area contributed by atoms with Gasteiger partial charge in [0.1, 0.15) is 0 Å². The van der Waals surface area contributed by atoms with Crippen LogP contribution in [0.25, 0.3) is 17.0 Å². The van der Waals surface area contributed by atoms with E-state index in [1.165, 1.54) is 24.3 Å². The average molecular weight is 364 g/mol. The van der Waals surface area contributed by atoms with Crippen molar-refractivity contribution < 1.29 is 19.2 Å². The number of hydrogen-bond donors (Lipinski definition) is 1. The molecule has 0 atom stereocenters. The number of ether oxygens (including phenoxy) is 1. The Labute approximate surface area is 154 Å². The van der Waals surface area contributed by atoms with Crippen LogP contribution < -0.4 is 0 Å². The van der Waals surface area contributed by atoms with Crippen LogP contribution in [-0.4, -0.2) is 28.3 Å². The number of ketones is 1. The number of benzene rings is 2. The van der Waals surface area contributed by atoms with Crippen LogP contribution in [0.15, 0.2) is 54.6 Å². The van der Waals surface area contributed by atoms with Gasteiger partial charge in [-0.2, -0.15) is 0 Å². The molecule has 0 spiro atoms. The molecule has 0 saturated carbocycles. The maximum atomic E-state index is 12.4. The molecule has 1 N–H and O–H groups in total. The Morgan fingerprint density at radius 1 is 1.19 bits per heavy atom. The van der Waals surface area contributed by atoms with Crippen molar-refractivity contribution in [3.05, 3.63) is 81.5 Å². The quantitative estimate of drug-likeness (QED) is 0.235. The summed E-state index contributed by atoms with van der Waals surface area (Å²) in [4.78, 5) is 37.7. The predicted octanol–water partition coefficient (Wildman–Crippen LogP) is 3.82. The van der Waals surface area contributed by atoms with E-state index in [0.29, 0.717) is 16.8 Å². The van der Waals surface area contributed by atoms with Crippen LogP contribution in [-0.2, 0) is 9.53 Å². The van der Waals surface area contributed by atoms with Gasteiger partial charge in [-0.1, -0.05) is 30.3 Å². The van der Waals surface area contributed by atoms with Gasteiger partial charge < -0.3 is 9.72 Å². The fourth-order valence-electron chi connectivity index (χ4n) is 2.80. The van der Waals surface area contributed by atoms with E-state index in [9.17, 15) is 19.7 Å². The van der Waals surface area contributed by atoms with E-state index in [1.807, 2.05) is 24.3 Å². The topological polar surface area (TPSA) is 102 Å². The lowest BCUT2D eigenvalue weighted by Crippen LogP contribution is -2.13. The van der Waals surface area contributed by atoms with Gasteiger partial charge in [-0.05, 0) is 24.6 Å². The minimum atomic E-state index is -0.702. The molecule has 0 fully saturated rings. The van der Waals surface area contributed by atoms with Gasteiger partial charge in [-0.15, -0.1) is 0 Å². The molecule has 0 aliphatic heterocycles. The summed E-state index contributed by atoms with van der Waals surface area (Å²) in [6, 6.07) is 13.2. The third-order valence-corrected chi connectivity index (χ3v) is 4.01. The molecule has 0 aliphatic carbocycles. The van der Waals surface area contributed by atoms with Gasteiger partial charge in [-0.25, -0.2) is 4.79 Å². The molecule has 0 amide bonds. The molecule has 0 aliphatic rings. The number of H-pyrrole nitrogens is 1. The van der Waals surface area contributed by atoms with Crippen molar-refractivity contribution in [2.24, 2.45) is 0 Å². The van der Waals surface area contributed by atoms with E-state index >= 15 is 0 Å². The standard InChI is InChI=1S/C20H16N2O5/c1-13-20(16-7-2-3-8-17(16)21-13)18(23)12-27-19(24)10-9-14-5-4-6-15(11-14)22(25)26/h2-11,21H,12H2,1H3/b10-9+. The van der Waals surface area contributed by atoms with Crippen LogP contribution in [0, 0.1) is 17.0 Å². The number of fused-ring (bicyclic) bond motifs is 1. The number of nitrogens with zero attached hydrogens (tertiary/aromatic N) is 1. The van der Waals surface area contributed by atoms with Crippen LogP contribution in [0.1, 0.15) is 21.6 Å². The molecular weight excluding hydrogens is 348 g/mol. The summed E-state index contributed by atoms with van der Waals surface area (Å²) in [6.07, 6.45) is 2.53. The van der Waals surface area contributed by atoms with Gasteiger partial charge >= 0.3 is 5.97 Å². The third kappa shape index (κ3) is 4.09. The van der Waals surface area contributed by atoms with Gasteiger partial charge in [0, 0.05) is 40.4 Å². The number of para-hydroxylation sites is 1. The number of esters is 1. The first-order valence-electron chi connectivity index (χ1n) is 8.15. The second-order valence-corrected chi connectivity index (χ2v) is 5.89. The zero-order valence-electron chi connectivity index (χ0n) is 14.5. The number of carbonyl (C=O) groups is 2. The van der Waals surface area contributed by atoms with E-state index in [-0.39, 0.29) is 18.1 Å². The first kappa shape index (κ1) is 18.1. The van der Waals surface area contributed by atoms with E-state index in [4.69, 9.17) is 4.74 Å². The maximum absolute atomic E-state index is 12.4. The minimum Gasteiger partial charge on any atom is -0.454 e. The normalized spacial score (nSPS) is 11.0. The Kier molecular flexibility index (Phi) is 5.12. The molecule has 27 heavy (non-hydrogen) atoms. The summed E-state index contributed by atoms with van der Waals surface area (Å²) in [7, 11) is 0. The molecule has 2 aromatic carbocycles. The van der Waals surface area contributed by atoms with Gasteiger partial charge in [0.2, 0.25) is 5.78 Å². The molecule has 0 radical (unpaired) electrons. The number of non-ortho nitro benzene ring substituents is 1. The smallest absolute Gasteiger partial charge is 0.331 e. The highest BCUT2D eigenvalue weighted by Crippen LogP contribution is 2.22. The zero-order chi connectivity index (χ0) is 19.4. The second kappa shape index (κ2) is 7.65. The number of Topliss-reactive ketones (excluding diaryl/α,β-unsaturated/α-hetero) is 1. The number of aromatic nitrogens is 1. The first-order valence-corrected chi connectivity index (χ1v) is 8.15. The molecule has 0 bridgehead atoms. The lowest BCUT2D eigenvalue weighted by atomic mass is 10.1. The number of nitro groups is 1. The van der Waals surface area contributed by atoms with Crippen LogP contribution in [0.2, 0.25) is 0 Å². The maximum Gasteiger partial charge on any atom is 0.331 e. The number of aryl methyl sites for hydroxylation is 1. The second-order valence-electron chi connectivity index (χ2n) is 5.89. The van der Waals surface area contributed by atoms with Crippen LogP contribution in [0.4, 0.5) is 5.69 Å². The Hall–Kier alpha value is -3.74. The molecule has 1 heterocycles. The van der Waals surface area contributed by atoms with Crippen molar-refractivity contribution >= 4 is 34.4 Å². The van der Waals surface area contributed by atoms with Crippen molar-refractivity contribution in [1.29, 1.82) is 0 Å². The number of nitrogens with one attached hydrogen (secondary N) is 1. The molecule has 1 aromatic heterocycles. The lowest BCUT2D eigenvalue weighted by molar-refractivity contribution is -0.384. The van der Waals surface area contributed by atoms with Crippen molar-refractivity contribution in [1.82, 2.24) is 4.98 Å². The summed E-state index contributed by atoms with van der Waals surface area (Å²) in [6.45, 7) is 1.40. The van der Waals surface area contributed by atoms with Crippen molar-refractivity contribution in [2.45, 2.75) is 6.92 Å². The summed E-state index contributed by atoms with van der Waals surface area (Å²) in [5.41, 5.74) is 2.47. The predicted molar refractivity (Wildman–Crippen MR) is 100 cm³/mol. The van der Waals surface area contributed by atoms with Crippen molar-refractivity contribution in [3.8, 4) is 0 Å². The number of carbonyl (C=O) groups excluding carboxylic acids is 2. The molecular formula is C20H16N2O5. The van der Waals surface area contributed by atoms with Crippen LogP contribution >= 0.6 is 0 Å². The Bertz CT molecular complexity index is 1070. The molecule has 7 nitrogen and oxygen atoms in total. The van der Waals surface area contributed by atoms with Crippen LogP contribution in [0.5, 0.6) is 0 Å². The number of aromatic amines is 1. The SMILES string of the molecule is Cc1[nH]c2ccccc2c1C(=O)COC(=O)/C=C/c1cccc([N+](=O)[O-])c1. The Morgan fingerprint density at radius 2 is 1.96 bits per heavy atom. The van der Waals surface area contributed by atoms with Gasteiger partial charge in [0.15, 0.2) is 6.61 Å². The Morgan fingerprint density at radius 3 is 2.74 bits per heavy atom. The molecule has 0 saturated heterocycles. The van der Waals surface area contributed by atoms with Crippen LogP contribution in [0.3, 0.4) is 0 Å². The number of nitro benzene ring substituents is 1. The fourth-order valence-corrected chi connectivity index (χ4v) is 2.80.